The van der Waals surface area contributed by atoms with E-state index in [1.165, 1.54) is 12.1 Å². The van der Waals surface area contributed by atoms with Crippen molar-refractivity contribution in [3.8, 4) is 0 Å². The van der Waals surface area contributed by atoms with Crippen LogP contribution >= 0.6 is 0 Å². The van der Waals surface area contributed by atoms with Crippen molar-refractivity contribution in [2.24, 2.45) is 0 Å². The molecular formula is C15H12F3NO. The first-order valence-corrected chi connectivity index (χ1v) is 5.96. The fourth-order valence-electron chi connectivity index (χ4n) is 1.73. The van der Waals surface area contributed by atoms with Crippen molar-refractivity contribution in [1.82, 2.24) is 0 Å². The van der Waals surface area contributed by atoms with Crippen LogP contribution in [0, 0.1) is 0 Å². The summed E-state index contributed by atoms with van der Waals surface area (Å²) < 4.78 is 37.1. The Morgan fingerprint density at radius 2 is 1.55 bits per heavy atom. The van der Waals surface area contributed by atoms with Gasteiger partial charge in [0.2, 0.25) is 5.91 Å². The van der Waals surface area contributed by atoms with Gasteiger partial charge in [0.05, 0.1) is 12.0 Å². The largest absolute Gasteiger partial charge is 0.416 e. The molecule has 0 aromatic heterocycles. The Bertz CT molecular complexity index is 576. The highest BCUT2D eigenvalue weighted by molar-refractivity contribution is 5.92. The number of anilines is 1. The molecule has 0 heterocycles. The van der Waals surface area contributed by atoms with Crippen molar-refractivity contribution in [2.75, 3.05) is 5.32 Å². The normalized spacial score (nSPS) is 11.2. The second-order valence-electron chi connectivity index (χ2n) is 4.29. The van der Waals surface area contributed by atoms with Crippen molar-refractivity contribution in [3.63, 3.8) is 0 Å². The standard InChI is InChI=1S/C15H12F3NO/c16-15(17,18)12-6-8-13(9-7-12)19-14(20)10-11-4-2-1-3-5-11/h1-9H,10H2,(H,19,20). The van der Waals surface area contributed by atoms with E-state index in [1.807, 2.05) is 30.3 Å². The monoisotopic (exact) mass is 279 g/mol. The average Bonchev–Trinajstić information content (AvgIpc) is 2.39. The van der Waals surface area contributed by atoms with Crippen molar-refractivity contribution in [1.29, 1.82) is 0 Å². The molecule has 0 aliphatic heterocycles. The van der Waals surface area contributed by atoms with Gasteiger partial charge in [0.1, 0.15) is 0 Å². The molecule has 0 spiro atoms. The molecule has 0 aliphatic carbocycles. The molecule has 0 aliphatic rings. The maximum atomic E-state index is 12.4. The molecule has 5 heteroatoms. The van der Waals surface area contributed by atoms with Crippen LogP contribution < -0.4 is 5.32 Å². The number of halogens is 3. The maximum absolute atomic E-state index is 12.4. The van der Waals surface area contributed by atoms with Crippen LogP contribution in [0.2, 0.25) is 0 Å². The third-order valence-corrected chi connectivity index (χ3v) is 2.70. The lowest BCUT2D eigenvalue weighted by atomic mass is 10.1. The molecule has 2 nitrogen and oxygen atoms in total. The molecule has 2 aromatic carbocycles. The lowest BCUT2D eigenvalue weighted by Gasteiger charge is -2.08. The molecule has 1 N–H and O–H groups in total. The van der Waals surface area contributed by atoms with Crippen molar-refractivity contribution in [3.05, 3.63) is 65.7 Å². The van der Waals surface area contributed by atoms with Gasteiger partial charge in [0.15, 0.2) is 0 Å². The Kier molecular flexibility index (Phi) is 4.08. The van der Waals surface area contributed by atoms with Crippen LogP contribution in [0.4, 0.5) is 18.9 Å². The number of carbonyl (C=O) groups is 1. The number of amides is 1. The minimum atomic E-state index is -4.37. The van der Waals surface area contributed by atoms with Crippen LogP contribution in [-0.4, -0.2) is 5.91 Å². The molecule has 0 saturated heterocycles. The predicted molar refractivity (Wildman–Crippen MR) is 70.2 cm³/mol. The molecule has 0 saturated carbocycles. The highest BCUT2D eigenvalue weighted by Crippen LogP contribution is 2.29. The number of hydrogen-bond donors (Lipinski definition) is 1. The summed E-state index contributed by atoms with van der Waals surface area (Å²) in [6.45, 7) is 0. The van der Waals surface area contributed by atoms with Gasteiger partial charge in [-0.3, -0.25) is 4.79 Å². The molecule has 0 bridgehead atoms. The number of benzene rings is 2. The second-order valence-corrected chi connectivity index (χ2v) is 4.29. The number of rotatable bonds is 3. The Morgan fingerprint density at radius 3 is 2.10 bits per heavy atom. The van der Waals surface area contributed by atoms with Crippen LogP contribution in [0.15, 0.2) is 54.6 Å². The maximum Gasteiger partial charge on any atom is 0.416 e. The minimum absolute atomic E-state index is 0.182. The van der Waals surface area contributed by atoms with Gasteiger partial charge in [-0.2, -0.15) is 13.2 Å². The van der Waals surface area contributed by atoms with Gasteiger partial charge in [-0.15, -0.1) is 0 Å². The zero-order valence-corrected chi connectivity index (χ0v) is 10.4. The van der Waals surface area contributed by atoms with Gasteiger partial charge in [-0.25, -0.2) is 0 Å². The van der Waals surface area contributed by atoms with Gasteiger partial charge >= 0.3 is 6.18 Å². The molecular weight excluding hydrogens is 267 g/mol. The zero-order chi connectivity index (χ0) is 14.6. The summed E-state index contributed by atoms with van der Waals surface area (Å²) in [6.07, 6.45) is -4.19. The summed E-state index contributed by atoms with van der Waals surface area (Å²) in [6, 6.07) is 13.5. The Morgan fingerprint density at radius 1 is 0.950 bits per heavy atom. The van der Waals surface area contributed by atoms with Crippen molar-refractivity contribution >= 4 is 11.6 Å². The summed E-state index contributed by atoms with van der Waals surface area (Å²) in [5.41, 5.74) is 0.453. The van der Waals surface area contributed by atoms with Crippen LogP contribution in [0.25, 0.3) is 0 Å². The summed E-state index contributed by atoms with van der Waals surface area (Å²) in [5, 5.41) is 2.56. The summed E-state index contributed by atoms with van der Waals surface area (Å²) in [5.74, 6) is -0.268. The van der Waals surface area contributed by atoms with E-state index >= 15 is 0 Å². The lowest BCUT2D eigenvalue weighted by Crippen LogP contribution is -2.14. The fourth-order valence-corrected chi connectivity index (χ4v) is 1.73. The number of carbonyl (C=O) groups excluding carboxylic acids is 1. The molecule has 1 amide bonds. The van der Waals surface area contributed by atoms with Gasteiger partial charge in [-0.05, 0) is 29.8 Å². The van der Waals surface area contributed by atoms with E-state index in [4.69, 9.17) is 0 Å². The van der Waals surface area contributed by atoms with Gasteiger partial charge in [0.25, 0.3) is 0 Å². The first kappa shape index (κ1) is 14.1. The first-order valence-electron chi connectivity index (χ1n) is 5.96. The number of nitrogens with one attached hydrogen (secondary N) is 1. The molecule has 104 valence electrons. The highest BCUT2D eigenvalue weighted by atomic mass is 19.4. The van der Waals surface area contributed by atoms with Crippen molar-refractivity contribution in [2.45, 2.75) is 12.6 Å². The van der Waals surface area contributed by atoms with E-state index in [9.17, 15) is 18.0 Å². The SMILES string of the molecule is O=C(Cc1ccccc1)Nc1ccc(C(F)(F)F)cc1. The molecule has 2 rings (SSSR count). The van der Waals surface area contributed by atoms with E-state index in [0.717, 1.165) is 17.7 Å². The molecule has 20 heavy (non-hydrogen) atoms. The first-order chi connectivity index (χ1) is 9.45. The van der Waals surface area contributed by atoms with E-state index in [1.54, 1.807) is 0 Å². The molecule has 0 radical (unpaired) electrons. The topological polar surface area (TPSA) is 29.1 Å². The van der Waals surface area contributed by atoms with Crippen LogP contribution in [0.5, 0.6) is 0 Å². The summed E-state index contributed by atoms with van der Waals surface area (Å²) >= 11 is 0. The Hall–Kier alpha value is -2.30. The van der Waals surface area contributed by atoms with Gasteiger partial charge in [-0.1, -0.05) is 30.3 Å². The zero-order valence-electron chi connectivity index (χ0n) is 10.4. The third-order valence-electron chi connectivity index (χ3n) is 2.70. The van der Waals surface area contributed by atoms with Gasteiger partial charge < -0.3 is 5.32 Å². The Labute approximate surface area is 114 Å². The van der Waals surface area contributed by atoms with Crippen LogP contribution in [0.1, 0.15) is 11.1 Å². The molecule has 0 atom stereocenters. The Balaban J connectivity index is 1.98. The van der Waals surface area contributed by atoms with Crippen LogP contribution in [0.3, 0.4) is 0 Å². The summed E-state index contributed by atoms with van der Waals surface area (Å²) in [4.78, 5) is 11.7. The molecule has 0 fully saturated rings. The molecule has 0 unspecified atom stereocenters. The van der Waals surface area contributed by atoms with Gasteiger partial charge in [0, 0.05) is 5.69 Å². The van der Waals surface area contributed by atoms with Crippen LogP contribution in [-0.2, 0) is 17.4 Å². The van der Waals surface area contributed by atoms with E-state index in [-0.39, 0.29) is 12.3 Å². The minimum Gasteiger partial charge on any atom is -0.326 e. The van der Waals surface area contributed by atoms with E-state index in [2.05, 4.69) is 5.32 Å². The lowest BCUT2D eigenvalue weighted by molar-refractivity contribution is -0.137. The quantitative estimate of drug-likeness (QED) is 0.907. The smallest absolute Gasteiger partial charge is 0.326 e. The number of hydrogen-bond acceptors (Lipinski definition) is 1. The fraction of sp³-hybridized carbons (Fsp3) is 0.133. The highest BCUT2D eigenvalue weighted by Gasteiger charge is 2.29. The van der Waals surface area contributed by atoms with E-state index in [0.29, 0.717) is 5.69 Å². The van der Waals surface area contributed by atoms with Crippen molar-refractivity contribution < 1.29 is 18.0 Å². The molecule has 2 aromatic rings. The van der Waals surface area contributed by atoms with E-state index < -0.39 is 11.7 Å². The third kappa shape index (κ3) is 3.85. The average molecular weight is 279 g/mol. The number of alkyl halides is 3. The second kappa shape index (κ2) is 5.77. The predicted octanol–water partition coefficient (Wildman–Crippen LogP) is 3.89. The summed E-state index contributed by atoms with van der Waals surface area (Å²) in [7, 11) is 0.